The van der Waals surface area contributed by atoms with E-state index in [4.69, 9.17) is 5.84 Å². The van der Waals surface area contributed by atoms with Crippen LogP contribution in [0.15, 0.2) is 36.5 Å². The summed E-state index contributed by atoms with van der Waals surface area (Å²) in [6.45, 7) is 1.53. The molecule has 1 aromatic heterocycles. The molecular formula is C14H16FN5. The molecule has 1 fully saturated rings. The summed E-state index contributed by atoms with van der Waals surface area (Å²) in [7, 11) is 0. The molecule has 0 aliphatic carbocycles. The zero-order valence-corrected chi connectivity index (χ0v) is 11.0. The van der Waals surface area contributed by atoms with Crippen molar-refractivity contribution in [3.8, 4) is 0 Å². The van der Waals surface area contributed by atoms with Gasteiger partial charge in [0.25, 0.3) is 0 Å². The standard InChI is InChI=1S/C14H16FN5/c15-12-8-17-14(19-16)18-13(12)20-7-6-11(9-20)10-4-2-1-3-5-10/h1-5,8,11H,6-7,9,16H2,(H,17,18,19). The Kier molecular flexibility index (Phi) is 3.47. The number of aromatic nitrogens is 2. The average Bonchev–Trinajstić information content (AvgIpc) is 2.98. The van der Waals surface area contributed by atoms with Crippen molar-refractivity contribution in [1.82, 2.24) is 9.97 Å². The molecule has 1 aliphatic heterocycles. The second-order valence-electron chi connectivity index (χ2n) is 4.85. The Morgan fingerprint density at radius 1 is 1.30 bits per heavy atom. The normalized spacial score (nSPS) is 18.3. The predicted molar refractivity (Wildman–Crippen MR) is 75.8 cm³/mol. The van der Waals surface area contributed by atoms with E-state index in [1.807, 2.05) is 23.1 Å². The van der Waals surface area contributed by atoms with Crippen molar-refractivity contribution in [3.63, 3.8) is 0 Å². The molecule has 1 aromatic carbocycles. The highest BCUT2D eigenvalue weighted by Crippen LogP contribution is 2.30. The summed E-state index contributed by atoms with van der Waals surface area (Å²) in [6.07, 6.45) is 2.13. The molecule has 0 amide bonds. The summed E-state index contributed by atoms with van der Waals surface area (Å²) in [4.78, 5) is 9.80. The van der Waals surface area contributed by atoms with Crippen LogP contribution in [0.1, 0.15) is 17.9 Å². The Bertz CT molecular complexity index is 589. The van der Waals surface area contributed by atoms with Gasteiger partial charge in [-0.2, -0.15) is 4.98 Å². The third-order valence-corrected chi connectivity index (χ3v) is 3.61. The Balaban J connectivity index is 1.80. The monoisotopic (exact) mass is 273 g/mol. The first-order valence-corrected chi connectivity index (χ1v) is 6.57. The molecule has 104 valence electrons. The second-order valence-corrected chi connectivity index (χ2v) is 4.85. The van der Waals surface area contributed by atoms with E-state index in [-0.39, 0.29) is 5.95 Å². The molecule has 0 bridgehead atoms. The highest BCUT2D eigenvalue weighted by atomic mass is 19.1. The number of nitrogen functional groups attached to an aromatic ring is 1. The molecule has 6 heteroatoms. The number of hydrogen-bond acceptors (Lipinski definition) is 5. The third-order valence-electron chi connectivity index (χ3n) is 3.61. The molecule has 1 aliphatic rings. The molecule has 1 saturated heterocycles. The van der Waals surface area contributed by atoms with Gasteiger partial charge in [-0.15, -0.1) is 0 Å². The molecule has 0 spiro atoms. The van der Waals surface area contributed by atoms with Crippen LogP contribution in [0.2, 0.25) is 0 Å². The number of nitrogens with one attached hydrogen (secondary N) is 1. The SMILES string of the molecule is NNc1ncc(F)c(N2CCC(c3ccccc3)C2)n1. The summed E-state index contributed by atoms with van der Waals surface area (Å²) >= 11 is 0. The molecule has 0 radical (unpaired) electrons. The lowest BCUT2D eigenvalue weighted by Crippen LogP contribution is -2.23. The van der Waals surface area contributed by atoms with E-state index < -0.39 is 5.82 Å². The van der Waals surface area contributed by atoms with Crippen LogP contribution in [0.4, 0.5) is 16.2 Å². The summed E-state index contributed by atoms with van der Waals surface area (Å²) in [5.74, 6) is 5.79. The largest absolute Gasteiger partial charge is 0.353 e. The van der Waals surface area contributed by atoms with Gasteiger partial charge < -0.3 is 4.90 Å². The van der Waals surface area contributed by atoms with E-state index in [1.165, 1.54) is 5.56 Å². The second kappa shape index (κ2) is 5.42. The summed E-state index contributed by atoms with van der Waals surface area (Å²) in [6, 6.07) is 10.3. The van der Waals surface area contributed by atoms with E-state index in [9.17, 15) is 4.39 Å². The molecule has 2 heterocycles. The predicted octanol–water partition coefficient (Wildman–Crippen LogP) is 1.90. The molecule has 1 atom stereocenters. The maximum atomic E-state index is 13.9. The van der Waals surface area contributed by atoms with E-state index in [0.717, 1.165) is 25.7 Å². The van der Waals surface area contributed by atoms with Gasteiger partial charge in [-0.25, -0.2) is 15.2 Å². The van der Waals surface area contributed by atoms with Gasteiger partial charge in [-0.3, -0.25) is 5.43 Å². The lowest BCUT2D eigenvalue weighted by atomic mass is 9.99. The van der Waals surface area contributed by atoms with Crippen LogP contribution >= 0.6 is 0 Å². The lowest BCUT2D eigenvalue weighted by Gasteiger charge is -2.18. The van der Waals surface area contributed by atoms with E-state index in [0.29, 0.717) is 11.7 Å². The first kappa shape index (κ1) is 12.8. The zero-order valence-electron chi connectivity index (χ0n) is 11.0. The molecule has 3 rings (SSSR count). The number of hydrogen-bond donors (Lipinski definition) is 2. The van der Waals surface area contributed by atoms with Gasteiger partial charge in [-0.05, 0) is 12.0 Å². The van der Waals surface area contributed by atoms with Crippen molar-refractivity contribution in [2.45, 2.75) is 12.3 Å². The summed E-state index contributed by atoms with van der Waals surface area (Å²) in [5, 5.41) is 0. The summed E-state index contributed by atoms with van der Waals surface area (Å²) < 4.78 is 13.9. The van der Waals surface area contributed by atoms with Crippen LogP contribution in [0.3, 0.4) is 0 Å². The van der Waals surface area contributed by atoms with E-state index in [1.54, 1.807) is 0 Å². The van der Waals surface area contributed by atoms with Crippen molar-refractivity contribution < 1.29 is 4.39 Å². The highest BCUT2D eigenvalue weighted by molar-refractivity contribution is 5.45. The van der Waals surface area contributed by atoms with Crippen LogP contribution in [-0.4, -0.2) is 23.1 Å². The molecule has 3 N–H and O–H groups in total. The van der Waals surface area contributed by atoms with Crippen molar-refractivity contribution in [2.24, 2.45) is 5.84 Å². The Morgan fingerprint density at radius 2 is 2.10 bits per heavy atom. The van der Waals surface area contributed by atoms with Crippen LogP contribution in [0.25, 0.3) is 0 Å². The van der Waals surface area contributed by atoms with Crippen molar-refractivity contribution in [3.05, 3.63) is 47.9 Å². The van der Waals surface area contributed by atoms with Crippen molar-refractivity contribution >= 4 is 11.8 Å². The van der Waals surface area contributed by atoms with Gasteiger partial charge in [0.2, 0.25) is 5.95 Å². The molecular weight excluding hydrogens is 257 g/mol. The van der Waals surface area contributed by atoms with Crippen LogP contribution in [0.5, 0.6) is 0 Å². The average molecular weight is 273 g/mol. The Hall–Kier alpha value is -2.21. The number of rotatable bonds is 3. The fraction of sp³-hybridized carbons (Fsp3) is 0.286. The fourth-order valence-corrected chi connectivity index (χ4v) is 2.60. The highest BCUT2D eigenvalue weighted by Gasteiger charge is 2.26. The topological polar surface area (TPSA) is 67.1 Å². The van der Waals surface area contributed by atoms with Crippen molar-refractivity contribution in [2.75, 3.05) is 23.4 Å². The number of hydrazine groups is 1. The lowest BCUT2D eigenvalue weighted by molar-refractivity contribution is 0.608. The van der Waals surface area contributed by atoms with Crippen LogP contribution < -0.4 is 16.2 Å². The maximum absolute atomic E-state index is 13.9. The smallest absolute Gasteiger partial charge is 0.239 e. The molecule has 0 saturated carbocycles. The number of nitrogens with zero attached hydrogens (tertiary/aromatic N) is 3. The van der Waals surface area contributed by atoms with Crippen LogP contribution in [0, 0.1) is 5.82 Å². The molecule has 20 heavy (non-hydrogen) atoms. The van der Waals surface area contributed by atoms with Gasteiger partial charge in [0, 0.05) is 19.0 Å². The number of nitrogens with two attached hydrogens (primary N) is 1. The molecule has 1 unspecified atom stereocenters. The van der Waals surface area contributed by atoms with Crippen LogP contribution in [-0.2, 0) is 0 Å². The number of anilines is 2. The Labute approximate surface area is 116 Å². The molecule has 2 aromatic rings. The maximum Gasteiger partial charge on any atom is 0.239 e. The Morgan fingerprint density at radius 3 is 2.85 bits per heavy atom. The quantitative estimate of drug-likeness (QED) is 0.660. The first-order chi connectivity index (χ1) is 9.78. The van der Waals surface area contributed by atoms with Gasteiger partial charge in [0.15, 0.2) is 11.6 Å². The zero-order chi connectivity index (χ0) is 13.9. The third kappa shape index (κ3) is 2.42. The van der Waals surface area contributed by atoms with E-state index in [2.05, 4.69) is 27.5 Å². The van der Waals surface area contributed by atoms with Gasteiger partial charge >= 0.3 is 0 Å². The van der Waals surface area contributed by atoms with Gasteiger partial charge in [-0.1, -0.05) is 30.3 Å². The van der Waals surface area contributed by atoms with Gasteiger partial charge in [0.1, 0.15) is 0 Å². The minimum absolute atomic E-state index is 0.226. The molecule has 5 nitrogen and oxygen atoms in total. The van der Waals surface area contributed by atoms with E-state index >= 15 is 0 Å². The van der Waals surface area contributed by atoms with Crippen molar-refractivity contribution in [1.29, 1.82) is 0 Å². The summed E-state index contributed by atoms with van der Waals surface area (Å²) in [5.41, 5.74) is 3.62. The minimum atomic E-state index is -0.419. The minimum Gasteiger partial charge on any atom is -0.353 e. The number of halogens is 1. The number of benzene rings is 1. The first-order valence-electron chi connectivity index (χ1n) is 6.57. The fourth-order valence-electron chi connectivity index (χ4n) is 2.60. The van der Waals surface area contributed by atoms with Gasteiger partial charge in [0.05, 0.1) is 6.20 Å².